The Balaban J connectivity index is 1.43. The van der Waals surface area contributed by atoms with Gasteiger partial charge in [0.15, 0.2) is 5.78 Å². The maximum atomic E-state index is 13.6. The zero-order chi connectivity index (χ0) is 22.3. The molecule has 4 rings (SSSR count). The highest BCUT2D eigenvalue weighted by Crippen LogP contribution is 2.43. The molecule has 2 aliphatic rings. The molecule has 4 nitrogen and oxygen atoms in total. The number of benzene rings is 2. The molecule has 4 heteroatoms. The van der Waals surface area contributed by atoms with E-state index in [0.717, 1.165) is 63.4 Å². The van der Waals surface area contributed by atoms with E-state index in [9.17, 15) is 4.79 Å². The Hall–Kier alpha value is -2.01. The van der Waals surface area contributed by atoms with Crippen molar-refractivity contribution in [2.24, 2.45) is 17.8 Å². The number of ether oxygens (including phenoxy) is 2. The summed E-state index contributed by atoms with van der Waals surface area (Å²) < 4.78 is 11.9. The molecule has 0 N–H and O–H groups in total. The summed E-state index contributed by atoms with van der Waals surface area (Å²) in [6, 6.07) is 20.1. The van der Waals surface area contributed by atoms with E-state index in [4.69, 9.17) is 9.47 Å². The normalized spacial score (nSPS) is 27.7. The van der Waals surface area contributed by atoms with Crippen LogP contribution in [0.2, 0.25) is 0 Å². The van der Waals surface area contributed by atoms with Crippen LogP contribution < -0.4 is 0 Å². The monoisotopic (exact) mass is 435 g/mol. The van der Waals surface area contributed by atoms with Crippen molar-refractivity contribution in [1.29, 1.82) is 0 Å². The van der Waals surface area contributed by atoms with E-state index in [2.05, 4.69) is 30.9 Å². The van der Waals surface area contributed by atoms with E-state index >= 15 is 0 Å². The number of rotatable bonds is 8. The quantitative estimate of drug-likeness (QED) is 0.544. The first-order valence-electron chi connectivity index (χ1n) is 12.2. The SMILES string of the molecule is CC1CC(C(C(=O)c2ccccc2)c2ccccc2)CC(C)C1OCCN1CCOCC1. The van der Waals surface area contributed by atoms with Crippen molar-refractivity contribution < 1.29 is 14.3 Å². The number of hydrogen-bond acceptors (Lipinski definition) is 4. The van der Waals surface area contributed by atoms with Crippen LogP contribution in [0.25, 0.3) is 0 Å². The number of carbonyl (C=O) groups is 1. The van der Waals surface area contributed by atoms with Crippen molar-refractivity contribution >= 4 is 5.78 Å². The van der Waals surface area contributed by atoms with E-state index in [0.29, 0.717) is 17.8 Å². The van der Waals surface area contributed by atoms with Gasteiger partial charge in [-0.15, -0.1) is 0 Å². The lowest BCUT2D eigenvalue weighted by molar-refractivity contribution is -0.0638. The Morgan fingerprint density at radius 2 is 1.56 bits per heavy atom. The van der Waals surface area contributed by atoms with Gasteiger partial charge >= 0.3 is 0 Å². The first-order valence-corrected chi connectivity index (χ1v) is 12.2. The molecule has 0 radical (unpaired) electrons. The topological polar surface area (TPSA) is 38.8 Å². The molecule has 2 aromatic rings. The van der Waals surface area contributed by atoms with Gasteiger partial charge in [-0.2, -0.15) is 0 Å². The zero-order valence-electron chi connectivity index (χ0n) is 19.5. The average molecular weight is 436 g/mol. The molecule has 2 fully saturated rings. The molecule has 1 saturated carbocycles. The molecule has 0 amide bonds. The van der Waals surface area contributed by atoms with Crippen LogP contribution in [0.5, 0.6) is 0 Å². The lowest BCUT2D eigenvalue weighted by atomic mass is 9.66. The van der Waals surface area contributed by atoms with Gasteiger partial charge in [-0.1, -0.05) is 74.5 Å². The van der Waals surface area contributed by atoms with E-state index in [1.54, 1.807) is 0 Å². The smallest absolute Gasteiger partial charge is 0.170 e. The number of ketones is 1. The Kier molecular flexibility index (Phi) is 8.12. The Labute approximate surface area is 192 Å². The van der Waals surface area contributed by atoms with Crippen molar-refractivity contribution in [1.82, 2.24) is 4.90 Å². The highest BCUT2D eigenvalue weighted by Gasteiger charge is 2.40. The summed E-state index contributed by atoms with van der Waals surface area (Å²) in [6.45, 7) is 10.0. The Morgan fingerprint density at radius 3 is 2.19 bits per heavy atom. The third kappa shape index (κ3) is 5.67. The number of nitrogens with zero attached hydrogens (tertiary/aromatic N) is 1. The fourth-order valence-electron chi connectivity index (χ4n) is 5.70. The highest BCUT2D eigenvalue weighted by molar-refractivity contribution is 6.01. The second kappa shape index (κ2) is 11.2. The maximum absolute atomic E-state index is 13.6. The molecule has 3 atom stereocenters. The summed E-state index contributed by atoms with van der Waals surface area (Å²) in [5.74, 6) is 1.34. The minimum atomic E-state index is -0.0993. The van der Waals surface area contributed by atoms with Crippen molar-refractivity contribution in [3.05, 3.63) is 71.8 Å². The van der Waals surface area contributed by atoms with Gasteiger partial charge in [0.25, 0.3) is 0 Å². The summed E-state index contributed by atoms with van der Waals surface area (Å²) >= 11 is 0. The highest BCUT2D eigenvalue weighted by atomic mass is 16.5. The molecule has 0 aromatic heterocycles. The van der Waals surface area contributed by atoms with E-state index in [1.165, 1.54) is 0 Å². The standard InChI is InChI=1S/C28H37NO3/c1-21-19-25(20-22(2)28(21)32-18-15-29-13-16-31-17-14-29)26(23-9-5-3-6-10-23)27(30)24-11-7-4-8-12-24/h3-12,21-22,25-26,28H,13-20H2,1-2H3. The van der Waals surface area contributed by atoms with Gasteiger partial charge in [0.05, 0.1) is 31.8 Å². The van der Waals surface area contributed by atoms with Crippen LogP contribution in [0.4, 0.5) is 0 Å². The molecule has 1 heterocycles. The molecule has 3 unspecified atom stereocenters. The summed E-state index contributed by atoms with van der Waals surface area (Å²) in [5, 5.41) is 0. The van der Waals surface area contributed by atoms with Gasteiger partial charge in [0.1, 0.15) is 0 Å². The summed E-state index contributed by atoms with van der Waals surface area (Å²) in [7, 11) is 0. The molecule has 0 spiro atoms. The van der Waals surface area contributed by atoms with Crippen molar-refractivity contribution in [2.45, 2.75) is 38.7 Å². The predicted molar refractivity (Wildman–Crippen MR) is 128 cm³/mol. The van der Waals surface area contributed by atoms with Crippen LogP contribution in [0.3, 0.4) is 0 Å². The third-order valence-electron chi connectivity index (χ3n) is 7.26. The second-order valence-electron chi connectivity index (χ2n) is 9.59. The number of hydrogen-bond donors (Lipinski definition) is 0. The minimum Gasteiger partial charge on any atom is -0.379 e. The molecule has 1 saturated heterocycles. The van der Waals surface area contributed by atoms with Gasteiger partial charge in [-0.25, -0.2) is 0 Å². The van der Waals surface area contributed by atoms with Crippen LogP contribution in [-0.2, 0) is 9.47 Å². The molecular weight excluding hydrogens is 398 g/mol. The Morgan fingerprint density at radius 1 is 0.969 bits per heavy atom. The lowest BCUT2D eigenvalue weighted by Gasteiger charge is -2.42. The second-order valence-corrected chi connectivity index (χ2v) is 9.59. The van der Waals surface area contributed by atoms with Crippen molar-refractivity contribution in [2.75, 3.05) is 39.5 Å². The van der Waals surface area contributed by atoms with Gasteiger partial charge < -0.3 is 9.47 Å². The van der Waals surface area contributed by atoms with Crippen LogP contribution in [0.1, 0.15) is 48.5 Å². The summed E-state index contributed by atoms with van der Waals surface area (Å²) in [6.07, 6.45) is 2.30. The molecule has 172 valence electrons. The van der Waals surface area contributed by atoms with Gasteiger partial charge in [-0.3, -0.25) is 9.69 Å². The number of morpholine rings is 1. The first kappa shape index (κ1) is 23.2. The van der Waals surface area contributed by atoms with Crippen molar-refractivity contribution in [3.8, 4) is 0 Å². The number of carbonyl (C=O) groups excluding carboxylic acids is 1. The van der Waals surface area contributed by atoms with E-state index in [-0.39, 0.29) is 17.8 Å². The molecule has 1 aliphatic carbocycles. The first-order chi connectivity index (χ1) is 15.6. The Bertz CT molecular complexity index is 822. The molecule has 0 bridgehead atoms. The molecule has 32 heavy (non-hydrogen) atoms. The van der Waals surface area contributed by atoms with E-state index in [1.807, 2.05) is 48.5 Å². The van der Waals surface area contributed by atoms with Crippen LogP contribution in [0.15, 0.2) is 60.7 Å². The molecule has 1 aliphatic heterocycles. The number of Topliss-reactive ketones (excluding diaryl/α,β-unsaturated/α-hetero) is 1. The summed E-state index contributed by atoms with van der Waals surface area (Å²) in [4.78, 5) is 16.1. The van der Waals surface area contributed by atoms with Crippen LogP contribution in [0, 0.1) is 17.8 Å². The maximum Gasteiger partial charge on any atom is 0.170 e. The van der Waals surface area contributed by atoms with Crippen LogP contribution in [-0.4, -0.2) is 56.2 Å². The van der Waals surface area contributed by atoms with Crippen molar-refractivity contribution in [3.63, 3.8) is 0 Å². The van der Waals surface area contributed by atoms with E-state index < -0.39 is 0 Å². The fraction of sp³-hybridized carbons (Fsp3) is 0.536. The van der Waals surface area contributed by atoms with Crippen LogP contribution >= 0.6 is 0 Å². The predicted octanol–water partition coefficient (Wildman–Crippen LogP) is 5.05. The third-order valence-corrected chi connectivity index (χ3v) is 7.26. The van der Waals surface area contributed by atoms with Gasteiger partial charge in [0.2, 0.25) is 0 Å². The largest absolute Gasteiger partial charge is 0.379 e. The zero-order valence-corrected chi connectivity index (χ0v) is 19.5. The minimum absolute atomic E-state index is 0.0993. The molecular formula is C28H37NO3. The lowest BCUT2D eigenvalue weighted by Crippen LogP contribution is -2.42. The summed E-state index contributed by atoms with van der Waals surface area (Å²) in [5.41, 5.74) is 1.95. The van der Waals surface area contributed by atoms with Gasteiger partial charge in [0, 0.05) is 25.2 Å². The average Bonchev–Trinajstić information content (AvgIpc) is 2.83. The molecule has 2 aromatic carbocycles. The fourth-order valence-corrected chi connectivity index (χ4v) is 5.70. The van der Waals surface area contributed by atoms with Gasteiger partial charge in [-0.05, 0) is 36.2 Å².